The molecule has 142 valence electrons. The predicted octanol–water partition coefficient (Wildman–Crippen LogP) is 0.271. The molecule has 0 bridgehead atoms. The summed E-state index contributed by atoms with van der Waals surface area (Å²) in [6, 6.07) is -1.47. The van der Waals surface area contributed by atoms with Gasteiger partial charge in [-0.25, -0.2) is 4.79 Å². The van der Waals surface area contributed by atoms with Gasteiger partial charge in [0.15, 0.2) is 11.6 Å². The standard InChI is InChI=1S/C8H14N2O3.C5H6N2O2.CH4.S2/c1-5(11)7(6(2)12)9-8(13)10(3)4;1-3(8)5(7-6)4(2)9;;1-2/h7H,1-4H3,(H,9,13);1-2H3;1H4;. The summed E-state index contributed by atoms with van der Waals surface area (Å²) in [7, 11) is 3.07. The molecule has 0 unspecified atom stereocenters. The van der Waals surface area contributed by atoms with Crippen molar-refractivity contribution < 1.29 is 28.8 Å². The fourth-order valence-corrected chi connectivity index (χ4v) is 1.13. The van der Waals surface area contributed by atoms with Crippen LogP contribution in [0.3, 0.4) is 0 Å². The van der Waals surface area contributed by atoms with Crippen molar-refractivity contribution in [2.24, 2.45) is 0 Å². The van der Waals surface area contributed by atoms with Gasteiger partial charge in [0.25, 0.3) is 0 Å². The van der Waals surface area contributed by atoms with Crippen molar-refractivity contribution in [1.29, 1.82) is 0 Å². The van der Waals surface area contributed by atoms with Gasteiger partial charge in [-0.2, -0.15) is 4.79 Å². The molecule has 1 N–H and O–H groups in total. The number of ketones is 4. The van der Waals surface area contributed by atoms with Crippen LogP contribution in [0.5, 0.6) is 0 Å². The Kier molecular flexibility index (Phi) is 20.4. The third-order valence-corrected chi connectivity index (χ3v) is 2.25. The zero-order valence-corrected chi connectivity index (χ0v) is 15.9. The average molecular weight is 393 g/mol. The first kappa shape index (κ1) is 30.6. The van der Waals surface area contributed by atoms with E-state index in [1.54, 1.807) is 0 Å². The Hall–Kier alpha value is -2.23. The number of amides is 2. The zero-order chi connectivity index (χ0) is 20.0. The fourth-order valence-electron chi connectivity index (χ4n) is 1.13. The molecule has 0 saturated heterocycles. The van der Waals surface area contributed by atoms with E-state index in [1.807, 2.05) is 0 Å². The summed E-state index contributed by atoms with van der Waals surface area (Å²) in [5.74, 6) is -1.76. The second kappa shape index (κ2) is 16.6. The highest BCUT2D eigenvalue weighted by atomic mass is 32.8. The summed E-state index contributed by atoms with van der Waals surface area (Å²) in [5.41, 5.74) is 7.61. The Morgan fingerprint density at radius 1 is 0.920 bits per heavy atom. The van der Waals surface area contributed by atoms with Gasteiger partial charge in [-0.05, 0) is 13.8 Å². The molecule has 0 aromatic carbocycles. The van der Waals surface area contributed by atoms with Crippen LogP contribution in [0.2, 0.25) is 0 Å². The molecule has 0 aliphatic rings. The van der Waals surface area contributed by atoms with E-state index in [0.717, 1.165) is 13.8 Å². The number of rotatable bonds is 5. The normalized spacial score (nSPS) is 7.96. The molecule has 0 aliphatic carbocycles. The van der Waals surface area contributed by atoms with Crippen LogP contribution >= 0.6 is 0 Å². The Morgan fingerprint density at radius 3 is 1.36 bits per heavy atom. The molecular weight excluding hydrogens is 368 g/mol. The molecule has 0 aromatic rings. The van der Waals surface area contributed by atoms with Crippen LogP contribution < -0.4 is 5.32 Å². The molecule has 2 amide bonds. The summed E-state index contributed by atoms with van der Waals surface area (Å²) in [5, 5.41) is 2.30. The van der Waals surface area contributed by atoms with E-state index >= 15 is 0 Å². The monoisotopic (exact) mass is 392 g/mol. The quantitative estimate of drug-likeness (QED) is 0.307. The van der Waals surface area contributed by atoms with Gasteiger partial charge in [0.1, 0.15) is 6.04 Å². The lowest BCUT2D eigenvalue weighted by molar-refractivity contribution is -0.127. The number of hydrogen-bond donors (Lipinski definition) is 1. The molecule has 9 nitrogen and oxygen atoms in total. The maximum atomic E-state index is 11.1. The van der Waals surface area contributed by atoms with E-state index in [2.05, 4.69) is 32.5 Å². The molecule has 25 heavy (non-hydrogen) atoms. The molecule has 0 saturated carbocycles. The number of Topliss-reactive ketones (excluding diaryl/α,β-unsaturated/α-hetero) is 4. The number of hydrogen-bond acceptors (Lipinski definition) is 7. The van der Waals surface area contributed by atoms with Crippen LogP contribution in [0.1, 0.15) is 35.1 Å². The molecular formula is C14H24N4O5S2. The van der Waals surface area contributed by atoms with Crippen LogP contribution in [0, 0.1) is 0 Å². The van der Waals surface area contributed by atoms with E-state index in [9.17, 15) is 24.0 Å². The Balaban J connectivity index is -0.000000162. The van der Waals surface area contributed by atoms with E-state index in [4.69, 9.17) is 5.53 Å². The van der Waals surface area contributed by atoms with E-state index in [1.165, 1.54) is 32.8 Å². The van der Waals surface area contributed by atoms with Crippen molar-refractivity contribution in [3.63, 3.8) is 0 Å². The van der Waals surface area contributed by atoms with Gasteiger partial charge < -0.3 is 15.7 Å². The van der Waals surface area contributed by atoms with Gasteiger partial charge in [0.05, 0.1) is 0 Å². The largest absolute Gasteiger partial charge is 0.399 e. The predicted molar refractivity (Wildman–Crippen MR) is 98.8 cm³/mol. The van der Waals surface area contributed by atoms with Gasteiger partial charge in [-0.3, -0.25) is 19.2 Å². The van der Waals surface area contributed by atoms with Gasteiger partial charge in [0.2, 0.25) is 11.6 Å². The zero-order valence-electron chi connectivity index (χ0n) is 14.3. The van der Waals surface area contributed by atoms with Crippen molar-refractivity contribution in [3.8, 4) is 0 Å². The first-order valence-electron chi connectivity index (χ1n) is 6.34. The van der Waals surface area contributed by atoms with Crippen LogP contribution in [-0.4, -0.2) is 64.7 Å². The van der Waals surface area contributed by atoms with Crippen molar-refractivity contribution in [2.45, 2.75) is 41.2 Å². The smallest absolute Gasteiger partial charge is 0.360 e. The minimum Gasteiger partial charge on any atom is -0.360 e. The molecule has 0 rings (SSSR count). The summed E-state index contributed by atoms with van der Waals surface area (Å²) in [6.07, 6.45) is 0. The second-order valence-electron chi connectivity index (χ2n) is 4.56. The number of urea groups is 1. The van der Waals surface area contributed by atoms with Crippen LogP contribution in [0.25, 0.3) is 5.53 Å². The maximum Gasteiger partial charge on any atom is 0.399 e. The lowest BCUT2D eigenvalue weighted by Crippen LogP contribution is -2.48. The molecule has 0 fully saturated rings. The minimum absolute atomic E-state index is 0. The van der Waals surface area contributed by atoms with E-state index < -0.39 is 29.4 Å². The van der Waals surface area contributed by atoms with Gasteiger partial charge in [-0.15, -0.1) is 0 Å². The highest BCUT2D eigenvalue weighted by molar-refractivity contribution is 8.07. The highest BCUT2D eigenvalue weighted by Crippen LogP contribution is 1.90. The Morgan fingerprint density at radius 2 is 1.24 bits per heavy atom. The topological polar surface area (TPSA) is 137 Å². The second-order valence-corrected chi connectivity index (χ2v) is 4.56. The lowest BCUT2D eigenvalue weighted by atomic mass is 10.1. The lowest BCUT2D eigenvalue weighted by Gasteiger charge is -2.16. The van der Waals surface area contributed by atoms with Gasteiger partial charge in [0, 0.05) is 50.3 Å². The van der Waals surface area contributed by atoms with E-state index in [0.29, 0.717) is 0 Å². The summed E-state index contributed by atoms with van der Waals surface area (Å²) in [4.78, 5) is 57.2. The summed E-state index contributed by atoms with van der Waals surface area (Å²) < 4.78 is 0. The van der Waals surface area contributed by atoms with Crippen LogP contribution in [0.4, 0.5) is 4.79 Å². The first-order chi connectivity index (χ1) is 10.9. The first-order valence-corrected chi connectivity index (χ1v) is 7.68. The highest BCUT2D eigenvalue weighted by Gasteiger charge is 2.22. The summed E-state index contributed by atoms with van der Waals surface area (Å²) in [6.45, 7) is 4.86. The fraction of sp³-hybridized carbons (Fsp3) is 0.571. The van der Waals surface area contributed by atoms with Crippen molar-refractivity contribution in [1.82, 2.24) is 10.2 Å². The number of carbonyl (C=O) groups is 5. The van der Waals surface area contributed by atoms with Crippen molar-refractivity contribution >= 4 is 57.3 Å². The van der Waals surface area contributed by atoms with Crippen molar-refractivity contribution in [2.75, 3.05) is 14.1 Å². The van der Waals surface area contributed by atoms with E-state index in [-0.39, 0.29) is 19.0 Å². The van der Waals surface area contributed by atoms with Crippen LogP contribution in [0.15, 0.2) is 0 Å². The molecule has 0 aromatic heterocycles. The number of carbonyl (C=O) groups excluding carboxylic acids is 5. The Labute approximate surface area is 157 Å². The molecule has 0 aliphatic heterocycles. The number of nitrogens with zero attached hydrogens (tertiary/aromatic N) is 3. The molecule has 0 spiro atoms. The third-order valence-electron chi connectivity index (χ3n) is 2.25. The van der Waals surface area contributed by atoms with Crippen LogP contribution in [-0.2, 0) is 41.6 Å². The van der Waals surface area contributed by atoms with Gasteiger partial charge in [-0.1, -0.05) is 7.43 Å². The molecule has 0 atom stereocenters. The summed E-state index contributed by atoms with van der Waals surface area (Å²) >= 11 is 7.33. The molecule has 0 radical (unpaired) electrons. The van der Waals surface area contributed by atoms with Crippen molar-refractivity contribution in [3.05, 3.63) is 5.53 Å². The maximum absolute atomic E-state index is 11.1. The molecule has 11 heteroatoms. The third kappa shape index (κ3) is 15.1. The minimum atomic E-state index is -1.02. The number of nitrogens with one attached hydrogen (secondary N) is 1. The molecule has 0 heterocycles. The van der Waals surface area contributed by atoms with Gasteiger partial charge >= 0.3 is 11.7 Å². The Bertz CT molecular complexity index is 527. The average Bonchev–Trinajstić information content (AvgIpc) is 2.46. The SMILES string of the molecule is C.CC(=O)C(=[N+]=[N-])C(C)=O.CC(=O)C(NC(=O)N(C)C)C(C)=O.S=S.